The zero-order valence-corrected chi connectivity index (χ0v) is 17.7. The molecule has 3 rings (SSSR count). The maximum Gasteiger partial charge on any atom is 0.251 e. The van der Waals surface area contributed by atoms with Crippen molar-refractivity contribution in [2.45, 2.75) is 6.04 Å². The van der Waals surface area contributed by atoms with Gasteiger partial charge in [-0.25, -0.2) is 0 Å². The van der Waals surface area contributed by atoms with E-state index >= 15 is 0 Å². The number of hydrogen-bond acceptors (Lipinski definition) is 5. The first-order valence-corrected chi connectivity index (χ1v) is 10.2. The highest BCUT2D eigenvalue weighted by Crippen LogP contribution is 2.23. The van der Waals surface area contributed by atoms with Gasteiger partial charge in [-0.15, -0.1) is 0 Å². The maximum atomic E-state index is 12.3. The van der Waals surface area contributed by atoms with E-state index in [2.05, 4.69) is 15.5 Å². The second-order valence-corrected chi connectivity index (χ2v) is 7.37. The Morgan fingerprint density at radius 1 is 1.13 bits per heavy atom. The molecule has 0 aromatic heterocycles. The monoisotopic (exact) mass is 431 g/mol. The number of carbonyl (C=O) groups excluding carboxylic acids is 2. The summed E-state index contributed by atoms with van der Waals surface area (Å²) in [6, 6.07) is 14.4. The van der Waals surface area contributed by atoms with E-state index in [-0.39, 0.29) is 24.4 Å². The second kappa shape index (κ2) is 11.0. The minimum Gasteiger partial charge on any atom is -0.497 e. The number of nitrogens with zero attached hydrogens (tertiary/aromatic N) is 1. The molecule has 1 atom stereocenters. The van der Waals surface area contributed by atoms with Gasteiger partial charge in [-0.1, -0.05) is 29.8 Å². The highest BCUT2D eigenvalue weighted by atomic mass is 35.5. The van der Waals surface area contributed by atoms with Crippen molar-refractivity contribution in [3.8, 4) is 5.75 Å². The topological polar surface area (TPSA) is 79.9 Å². The van der Waals surface area contributed by atoms with Gasteiger partial charge >= 0.3 is 0 Å². The fourth-order valence-corrected chi connectivity index (χ4v) is 3.53. The minimum atomic E-state index is -0.340. The Labute approximate surface area is 181 Å². The Morgan fingerprint density at radius 3 is 2.53 bits per heavy atom. The number of halogens is 1. The summed E-state index contributed by atoms with van der Waals surface area (Å²) in [6.45, 7) is 3.23. The molecule has 1 heterocycles. The Hall–Kier alpha value is -2.61. The van der Waals surface area contributed by atoms with Crippen LogP contribution in [0.25, 0.3) is 0 Å². The number of amides is 2. The lowest BCUT2D eigenvalue weighted by molar-refractivity contribution is -0.120. The van der Waals surface area contributed by atoms with Gasteiger partial charge in [0.05, 0.1) is 32.9 Å². The average molecular weight is 432 g/mol. The smallest absolute Gasteiger partial charge is 0.251 e. The summed E-state index contributed by atoms with van der Waals surface area (Å²) in [7, 11) is 1.63. The van der Waals surface area contributed by atoms with Crippen LogP contribution in [0.1, 0.15) is 22.0 Å². The molecular formula is C22H26ClN3O4. The first-order valence-electron chi connectivity index (χ1n) is 9.83. The Kier molecular flexibility index (Phi) is 8.07. The number of rotatable bonds is 8. The van der Waals surface area contributed by atoms with Crippen LogP contribution in [-0.4, -0.2) is 63.2 Å². The molecule has 1 saturated heterocycles. The molecule has 1 aliphatic heterocycles. The zero-order valence-electron chi connectivity index (χ0n) is 16.9. The lowest BCUT2D eigenvalue weighted by atomic mass is 10.0. The van der Waals surface area contributed by atoms with Gasteiger partial charge in [0.25, 0.3) is 5.91 Å². The van der Waals surface area contributed by atoms with E-state index in [0.717, 1.165) is 24.4 Å². The van der Waals surface area contributed by atoms with Crippen LogP contribution in [0.5, 0.6) is 5.75 Å². The van der Waals surface area contributed by atoms with Crippen LogP contribution < -0.4 is 15.4 Å². The van der Waals surface area contributed by atoms with E-state index in [1.54, 1.807) is 31.4 Å². The van der Waals surface area contributed by atoms with Crippen molar-refractivity contribution in [3.63, 3.8) is 0 Å². The van der Waals surface area contributed by atoms with Crippen LogP contribution in [0.15, 0.2) is 48.5 Å². The fraction of sp³-hybridized carbons (Fsp3) is 0.364. The molecule has 0 bridgehead atoms. The van der Waals surface area contributed by atoms with E-state index in [9.17, 15) is 9.59 Å². The third-order valence-electron chi connectivity index (χ3n) is 4.98. The quantitative estimate of drug-likeness (QED) is 0.670. The third-order valence-corrected chi connectivity index (χ3v) is 5.21. The van der Waals surface area contributed by atoms with Crippen LogP contribution in [0.4, 0.5) is 0 Å². The number of nitrogens with one attached hydrogen (secondary N) is 2. The Bertz CT molecular complexity index is 854. The molecule has 8 heteroatoms. The van der Waals surface area contributed by atoms with Crippen molar-refractivity contribution < 1.29 is 19.1 Å². The summed E-state index contributed by atoms with van der Waals surface area (Å²) < 4.78 is 10.7. The largest absolute Gasteiger partial charge is 0.497 e. The number of benzene rings is 2. The lowest BCUT2D eigenvalue weighted by Gasteiger charge is -2.35. The summed E-state index contributed by atoms with van der Waals surface area (Å²) in [5, 5.41) is 6.03. The Balaban J connectivity index is 1.57. The highest BCUT2D eigenvalue weighted by molar-refractivity contribution is 6.30. The molecule has 7 nitrogen and oxygen atoms in total. The van der Waals surface area contributed by atoms with E-state index < -0.39 is 0 Å². The van der Waals surface area contributed by atoms with Gasteiger partial charge in [-0.3, -0.25) is 14.5 Å². The predicted molar refractivity (Wildman–Crippen MR) is 115 cm³/mol. The van der Waals surface area contributed by atoms with E-state index in [1.807, 2.05) is 24.3 Å². The van der Waals surface area contributed by atoms with Gasteiger partial charge in [0.1, 0.15) is 5.75 Å². The van der Waals surface area contributed by atoms with Crippen LogP contribution in [-0.2, 0) is 9.53 Å². The Morgan fingerprint density at radius 2 is 1.87 bits per heavy atom. The van der Waals surface area contributed by atoms with Crippen LogP contribution >= 0.6 is 11.6 Å². The van der Waals surface area contributed by atoms with Crippen molar-refractivity contribution in [1.82, 2.24) is 15.5 Å². The molecule has 0 radical (unpaired) electrons. The van der Waals surface area contributed by atoms with Gasteiger partial charge in [0.15, 0.2) is 0 Å². The van der Waals surface area contributed by atoms with Gasteiger partial charge < -0.3 is 20.1 Å². The summed E-state index contributed by atoms with van der Waals surface area (Å²) in [5.74, 6) is 0.192. The normalized spacial score (nSPS) is 15.3. The van der Waals surface area contributed by atoms with Gasteiger partial charge in [0.2, 0.25) is 5.91 Å². The third kappa shape index (κ3) is 6.19. The van der Waals surface area contributed by atoms with Crippen molar-refractivity contribution in [3.05, 3.63) is 64.7 Å². The van der Waals surface area contributed by atoms with Crippen LogP contribution in [0.3, 0.4) is 0 Å². The predicted octanol–water partition coefficient (Wildman–Crippen LogP) is 2.27. The maximum absolute atomic E-state index is 12.3. The van der Waals surface area contributed by atoms with Crippen molar-refractivity contribution in [2.24, 2.45) is 0 Å². The molecule has 1 unspecified atom stereocenters. The summed E-state index contributed by atoms with van der Waals surface area (Å²) in [6.07, 6.45) is 0. The number of methoxy groups -OCH3 is 1. The van der Waals surface area contributed by atoms with Crippen LogP contribution in [0, 0.1) is 0 Å². The van der Waals surface area contributed by atoms with E-state index in [1.165, 1.54) is 0 Å². The molecule has 2 aromatic rings. The molecule has 0 aliphatic carbocycles. The lowest BCUT2D eigenvalue weighted by Crippen LogP contribution is -2.45. The van der Waals surface area contributed by atoms with Gasteiger partial charge in [-0.2, -0.15) is 0 Å². The highest BCUT2D eigenvalue weighted by Gasteiger charge is 2.23. The molecule has 2 aromatic carbocycles. The minimum absolute atomic E-state index is 0.00684. The van der Waals surface area contributed by atoms with Crippen LogP contribution in [0.2, 0.25) is 5.02 Å². The van der Waals surface area contributed by atoms with Gasteiger partial charge in [-0.05, 0) is 35.9 Å². The second-order valence-electron chi connectivity index (χ2n) is 6.93. The zero-order chi connectivity index (χ0) is 21.3. The van der Waals surface area contributed by atoms with Crippen molar-refractivity contribution in [2.75, 3.05) is 46.5 Å². The molecule has 0 saturated carbocycles. The van der Waals surface area contributed by atoms with Crippen molar-refractivity contribution in [1.29, 1.82) is 0 Å². The summed E-state index contributed by atoms with van der Waals surface area (Å²) in [4.78, 5) is 26.8. The summed E-state index contributed by atoms with van der Waals surface area (Å²) in [5.41, 5.74) is 1.50. The molecule has 30 heavy (non-hydrogen) atoms. The van der Waals surface area contributed by atoms with Gasteiger partial charge in [0, 0.05) is 30.2 Å². The number of ether oxygens (including phenoxy) is 2. The first kappa shape index (κ1) is 22.1. The molecular weight excluding hydrogens is 406 g/mol. The number of carbonyl (C=O) groups is 2. The van der Waals surface area contributed by atoms with Crippen molar-refractivity contribution >= 4 is 23.4 Å². The number of hydrogen-bond donors (Lipinski definition) is 2. The first-order chi connectivity index (χ1) is 14.6. The molecule has 2 N–H and O–H groups in total. The van der Waals surface area contributed by atoms with E-state index in [4.69, 9.17) is 21.1 Å². The molecule has 160 valence electrons. The standard InChI is InChI=1S/C22H26ClN3O4/c1-29-19-7-5-16(6-8-19)20(26-9-11-30-12-10-26)14-24-21(27)15-25-22(28)17-3-2-4-18(23)13-17/h2-8,13,20H,9-12,14-15H2,1H3,(H,24,27)(H,25,28). The molecule has 0 spiro atoms. The molecule has 1 aliphatic rings. The molecule has 2 amide bonds. The summed E-state index contributed by atoms with van der Waals surface area (Å²) >= 11 is 5.91. The van der Waals surface area contributed by atoms with E-state index in [0.29, 0.717) is 30.3 Å². The SMILES string of the molecule is COc1ccc(C(CNC(=O)CNC(=O)c2cccc(Cl)c2)N2CCOCC2)cc1. The average Bonchev–Trinajstić information content (AvgIpc) is 2.78. The molecule has 1 fully saturated rings. The number of morpholine rings is 1. The fourth-order valence-electron chi connectivity index (χ4n) is 3.34.